The predicted octanol–water partition coefficient (Wildman–Crippen LogP) is 2.56. The molecule has 2 N–H and O–H groups in total. The fourth-order valence-corrected chi connectivity index (χ4v) is 3.11. The zero-order valence-corrected chi connectivity index (χ0v) is 15.7. The Labute approximate surface area is 154 Å². The van der Waals surface area contributed by atoms with Gasteiger partial charge in [0.2, 0.25) is 0 Å². The Kier molecular flexibility index (Phi) is 6.30. The molecule has 3 aromatic rings. The number of benzene rings is 1. The lowest BCUT2D eigenvalue weighted by molar-refractivity contribution is 0.638. The smallest absolute Gasteiger partial charge is 0.190 e. The predicted molar refractivity (Wildman–Crippen MR) is 107 cm³/mol. The number of guanidine groups is 1. The molecule has 0 aliphatic carbocycles. The number of rotatable bonds is 8. The largest absolute Gasteiger partial charge is 0.356 e. The minimum atomic E-state index is 0.869. The molecule has 0 spiro atoms. The van der Waals surface area contributed by atoms with Gasteiger partial charge in [0.05, 0.1) is 6.20 Å². The highest BCUT2D eigenvalue weighted by Crippen LogP contribution is 2.15. The number of nitrogens with one attached hydrogen (secondary N) is 2. The lowest BCUT2D eigenvalue weighted by Crippen LogP contribution is -2.38. The first kappa shape index (κ1) is 18.0. The monoisotopic (exact) mass is 352 g/mol. The number of para-hydroxylation sites is 1. The highest BCUT2D eigenvalue weighted by atomic mass is 15.2. The van der Waals surface area contributed by atoms with E-state index in [4.69, 9.17) is 0 Å². The molecule has 138 valence electrons. The van der Waals surface area contributed by atoms with Crippen molar-refractivity contribution in [1.82, 2.24) is 25.0 Å². The first-order valence-corrected chi connectivity index (χ1v) is 9.22. The third-order valence-corrected chi connectivity index (χ3v) is 4.47. The molecule has 1 aromatic carbocycles. The summed E-state index contributed by atoms with van der Waals surface area (Å²) in [6, 6.07) is 10.7. The third kappa shape index (κ3) is 4.88. The van der Waals surface area contributed by atoms with Crippen molar-refractivity contribution >= 4 is 16.9 Å². The van der Waals surface area contributed by atoms with Crippen molar-refractivity contribution in [2.24, 2.45) is 12.0 Å². The van der Waals surface area contributed by atoms with Crippen LogP contribution in [0, 0.1) is 0 Å². The average Bonchev–Trinajstić information content (AvgIpc) is 3.26. The normalized spacial score (nSPS) is 11.8. The topological polar surface area (TPSA) is 59.2 Å². The number of nitrogens with zero attached hydrogens (tertiary/aromatic N) is 4. The van der Waals surface area contributed by atoms with Crippen LogP contribution in [-0.4, -0.2) is 40.4 Å². The van der Waals surface area contributed by atoms with Crippen molar-refractivity contribution in [3.05, 3.63) is 54.5 Å². The summed E-state index contributed by atoms with van der Waals surface area (Å²) < 4.78 is 4.15. The second kappa shape index (κ2) is 9.08. The highest BCUT2D eigenvalue weighted by molar-refractivity contribution is 5.80. The van der Waals surface area contributed by atoms with Crippen LogP contribution in [0.5, 0.6) is 0 Å². The second-order valence-corrected chi connectivity index (χ2v) is 6.47. The number of aliphatic imine (C=N–C) groups is 1. The second-order valence-electron chi connectivity index (χ2n) is 6.47. The summed E-state index contributed by atoms with van der Waals surface area (Å²) in [6.07, 6.45) is 9.29. The lowest BCUT2D eigenvalue weighted by atomic mass is 10.2. The van der Waals surface area contributed by atoms with Gasteiger partial charge in [-0.1, -0.05) is 18.2 Å². The molecule has 0 aliphatic rings. The molecule has 0 fully saturated rings. The van der Waals surface area contributed by atoms with E-state index in [1.54, 1.807) is 0 Å². The van der Waals surface area contributed by atoms with Gasteiger partial charge in [-0.25, -0.2) is 0 Å². The maximum absolute atomic E-state index is 4.29. The van der Waals surface area contributed by atoms with Crippen LogP contribution in [0.3, 0.4) is 0 Å². The quantitative estimate of drug-likeness (QED) is 0.372. The summed E-state index contributed by atoms with van der Waals surface area (Å²) >= 11 is 0. The van der Waals surface area contributed by atoms with Crippen molar-refractivity contribution < 1.29 is 0 Å². The number of hydrogen-bond donors (Lipinski definition) is 2. The van der Waals surface area contributed by atoms with E-state index in [1.807, 2.05) is 25.0 Å². The number of hydrogen-bond acceptors (Lipinski definition) is 2. The molecule has 0 unspecified atom stereocenters. The molecule has 0 radical (unpaired) electrons. The average molecular weight is 352 g/mol. The van der Waals surface area contributed by atoms with Gasteiger partial charge in [-0.3, -0.25) is 9.67 Å². The number of fused-ring (bicyclic) bond motifs is 1. The van der Waals surface area contributed by atoms with E-state index in [-0.39, 0.29) is 0 Å². The zero-order chi connectivity index (χ0) is 18.2. The van der Waals surface area contributed by atoms with E-state index in [2.05, 4.69) is 68.0 Å². The van der Waals surface area contributed by atoms with Gasteiger partial charge >= 0.3 is 0 Å². The van der Waals surface area contributed by atoms with Crippen molar-refractivity contribution in [3.8, 4) is 0 Å². The van der Waals surface area contributed by atoms with Gasteiger partial charge in [0.15, 0.2) is 5.96 Å². The molecule has 3 rings (SSSR count). The molecule has 0 atom stereocenters. The minimum Gasteiger partial charge on any atom is -0.356 e. The van der Waals surface area contributed by atoms with Crippen molar-refractivity contribution in [3.63, 3.8) is 0 Å². The summed E-state index contributed by atoms with van der Waals surface area (Å²) in [5.41, 5.74) is 2.57. The van der Waals surface area contributed by atoms with E-state index in [1.165, 1.54) is 16.5 Å². The van der Waals surface area contributed by atoms with Crippen LogP contribution < -0.4 is 10.6 Å². The van der Waals surface area contributed by atoms with Crippen LogP contribution in [0.1, 0.15) is 18.4 Å². The number of aryl methyl sites for hydroxylation is 3. The molecule has 2 heterocycles. The van der Waals surface area contributed by atoms with Crippen molar-refractivity contribution in [1.29, 1.82) is 0 Å². The standard InChI is InChI=1S/C20H28N6/c1-21-20(22-11-5-7-17-15-24-25(2)16-17)23-12-6-13-26-14-10-18-8-3-4-9-19(18)26/h3-4,8-10,14-16H,5-7,11-13H2,1-2H3,(H2,21,22,23). The maximum atomic E-state index is 4.29. The Hall–Kier alpha value is -2.76. The van der Waals surface area contributed by atoms with Crippen molar-refractivity contribution in [2.75, 3.05) is 20.1 Å². The van der Waals surface area contributed by atoms with Gasteiger partial charge in [0.1, 0.15) is 0 Å². The number of aromatic nitrogens is 3. The molecule has 0 saturated carbocycles. The first-order valence-electron chi connectivity index (χ1n) is 9.22. The zero-order valence-electron chi connectivity index (χ0n) is 15.7. The van der Waals surface area contributed by atoms with Crippen LogP contribution in [-0.2, 0) is 20.0 Å². The highest BCUT2D eigenvalue weighted by Gasteiger charge is 2.01. The van der Waals surface area contributed by atoms with E-state index in [0.29, 0.717) is 0 Å². The van der Waals surface area contributed by atoms with Crippen LogP contribution in [0.2, 0.25) is 0 Å². The Morgan fingerprint density at radius 1 is 1.12 bits per heavy atom. The minimum absolute atomic E-state index is 0.869. The Morgan fingerprint density at radius 2 is 1.92 bits per heavy atom. The van der Waals surface area contributed by atoms with Gasteiger partial charge in [-0.2, -0.15) is 5.10 Å². The van der Waals surface area contributed by atoms with E-state index in [0.717, 1.165) is 44.9 Å². The third-order valence-electron chi connectivity index (χ3n) is 4.47. The fourth-order valence-electron chi connectivity index (χ4n) is 3.11. The first-order chi connectivity index (χ1) is 12.8. The van der Waals surface area contributed by atoms with Crippen LogP contribution >= 0.6 is 0 Å². The molecule has 0 bridgehead atoms. The molecule has 26 heavy (non-hydrogen) atoms. The summed E-state index contributed by atoms with van der Waals surface area (Å²) in [4.78, 5) is 4.29. The van der Waals surface area contributed by atoms with Crippen molar-refractivity contribution in [2.45, 2.75) is 25.8 Å². The van der Waals surface area contributed by atoms with Gasteiger partial charge in [-0.05, 0) is 42.3 Å². The molecule has 0 saturated heterocycles. The summed E-state index contributed by atoms with van der Waals surface area (Å²) in [5.74, 6) is 0.869. The van der Waals surface area contributed by atoms with Crippen LogP contribution in [0.4, 0.5) is 0 Å². The molecule has 6 nitrogen and oxygen atoms in total. The molecular formula is C20H28N6. The summed E-state index contributed by atoms with van der Waals surface area (Å²) in [5, 5.41) is 12.3. The molecular weight excluding hydrogens is 324 g/mol. The van der Waals surface area contributed by atoms with Crippen LogP contribution in [0.15, 0.2) is 53.9 Å². The molecule has 0 aliphatic heterocycles. The lowest BCUT2D eigenvalue weighted by Gasteiger charge is -2.12. The maximum Gasteiger partial charge on any atom is 0.190 e. The van der Waals surface area contributed by atoms with E-state index < -0.39 is 0 Å². The SMILES string of the molecule is CN=C(NCCCc1cnn(C)c1)NCCCn1ccc2ccccc21. The molecule has 2 aromatic heterocycles. The van der Waals surface area contributed by atoms with Gasteiger partial charge in [-0.15, -0.1) is 0 Å². The Balaban J connectivity index is 1.34. The van der Waals surface area contributed by atoms with Gasteiger partial charge < -0.3 is 15.2 Å². The fraction of sp³-hybridized carbons (Fsp3) is 0.400. The summed E-state index contributed by atoms with van der Waals surface area (Å²) in [6.45, 7) is 2.80. The van der Waals surface area contributed by atoms with E-state index >= 15 is 0 Å². The summed E-state index contributed by atoms with van der Waals surface area (Å²) in [7, 11) is 3.76. The Morgan fingerprint density at radius 3 is 2.69 bits per heavy atom. The Bertz CT molecular complexity index is 845. The molecule has 6 heteroatoms. The van der Waals surface area contributed by atoms with Crippen LogP contribution in [0.25, 0.3) is 10.9 Å². The van der Waals surface area contributed by atoms with Gasteiger partial charge in [0, 0.05) is 51.6 Å². The molecule has 0 amide bonds. The van der Waals surface area contributed by atoms with E-state index in [9.17, 15) is 0 Å². The van der Waals surface area contributed by atoms with Gasteiger partial charge in [0.25, 0.3) is 0 Å².